The van der Waals surface area contributed by atoms with Crippen LogP contribution in [-0.4, -0.2) is 15.2 Å². The van der Waals surface area contributed by atoms with Crippen LogP contribution in [0, 0.1) is 0 Å². The first-order chi connectivity index (χ1) is 9.29. The molecule has 0 amide bonds. The largest absolute Gasteiger partial charge is 0.507 e. The topological polar surface area (TPSA) is 53.4 Å². The number of para-hydroxylation sites is 2. The number of aromatic nitrogens is 1. The molecule has 0 bridgehead atoms. The molecule has 0 aliphatic rings. The summed E-state index contributed by atoms with van der Waals surface area (Å²) in [6, 6.07) is 16.7. The summed E-state index contributed by atoms with van der Waals surface area (Å²) in [7, 11) is 0. The van der Waals surface area contributed by atoms with Gasteiger partial charge in [-0.25, -0.2) is 4.98 Å². The van der Waals surface area contributed by atoms with Gasteiger partial charge in [0.05, 0.1) is 17.8 Å². The number of aliphatic hydroxyl groups is 1. The van der Waals surface area contributed by atoms with Gasteiger partial charge in [0.15, 0.2) is 0 Å². The molecule has 0 aliphatic carbocycles. The van der Waals surface area contributed by atoms with Gasteiger partial charge in [-0.3, -0.25) is 0 Å². The molecule has 0 fully saturated rings. The van der Waals surface area contributed by atoms with E-state index in [1.807, 2.05) is 36.4 Å². The van der Waals surface area contributed by atoms with Gasteiger partial charge in [0.1, 0.15) is 5.75 Å². The van der Waals surface area contributed by atoms with Crippen molar-refractivity contribution < 1.29 is 10.2 Å². The van der Waals surface area contributed by atoms with Gasteiger partial charge in [-0.1, -0.05) is 30.3 Å². The quantitative estimate of drug-likeness (QED) is 0.735. The highest BCUT2D eigenvalue weighted by Crippen LogP contribution is 2.31. The van der Waals surface area contributed by atoms with Crippen LogP contribution in [-0.2, 0) is 6.61 Å². The Morgan fingerprint density at radius 2 is 1.68 bits per heavy atom. The Kier molecular flexibility index (Phi) is 2.89. The van der Waals surface area contributed by atoms with E-state index in [0.717, 1.165) is 10.9 Å². The highest BCUT2D eigenvalue weighted by atomic mass is 16.3. The van der Waals surface area contributed by atoms with E-state index < -0.39 is 0 Å². The Balaban J connectivity index is 2.31. The molecule has 1 heterocycles. The normalized spacial score (nSPS) is 10.8. The van der Waals surface area contributed by atoms with Crippen LogP contribution < -0.4 is 0 Å². The number of fused-ring (bicyclic) bond motifs is 1. The molecule has 0 radical (unpaired) electrons. The number of phenols is 1. The molecule has 0 saturated heterocycles. The molecule has 19 heavy (non-hydrogen) atoms. The van der Waals surface area contributed by atoms with Crippen LogP contribution in [0.3, 0.4) is 0 Å². The average molecular weight is 251 g/mol. The molecule has 1 aromatic heterocycles. The number of rotatable bonds is 2. The maximum atomic E-state index is 9.93. The molecule has 0 aliphatic heterocycles. The van der Waals surface area contributed by atoms with E-state index in [2.05, 4.69) is 4.98 Å². The Labute approximate surface area is 110 Å². The minimum atomic E-state index is -0.110. The number of phenolic OH excluding ortho intramolecular Hbond substituents is 1. The van der Waals surface area contributed by atoms with E-state index in [4.69, 9.17) is 0 Å². The van der Waals surface area contributed by atoms with Crippen LogP contribution in [0.15, 0.2) is 54.6 Å². The Morgan fingerprint density at radius 3 is 2.47 bits per heavy atom. The number of pyridine rings is 1. The number of nitrogens with zero attached hydrogens (tertiary/aromatic N) is 1. The monoisotopic (exact) mass is 251 g/mol. The zero-order valence-electron chi connectivity index (χ0n) is 10.2. The highest BCUT2D eigenvalue weighted by Gasteiger charge is 2.11. The number of benzene rings is 2. The fourth-order valence-corrected chi connectivity index (χ4v) is 2.19. The Bertz CT molecular complexity index is 738. The van der Waals surface area contributed by atoms with Crippen LogP contribution in [0.25, 0.3) is 22.2 Å². The second kappa shape index (κ2) is 4.71. The van der Waals surface area contributed by atoms with Gasteiger partial charge in [-0.05, 0) is 24.3 Å². The van der Waals surface area contributed by atoms with E-state index >= 15 is 0 Å². The molecule has 3 aromatic rings. The molecule has 94 valence electrons. The summed E-state index contributed by atoms with van der Waals surface area (Å²) in [6.07, 6.45) is 0. The van der Waals surface area contributed by atoms with E-state index in [1.54, 1.807) is 18.2 Å². The molecule has 0 unspecified atom stereocenters. The molecule has 3 rings (SSSR count). The van der Waals surface area contributed by atoms with Crippen molar-refractivity contribution in [2.24, 2.45) is 0 Å². The predicted octanol–water partition coefficient (Wildman–Crippen LogP) is 3.10. The third kappa shape index (κ3) is 2.04. The summed E-state index contributed by atoms with van der Waals surface area (Å²) in [5, 5.41) is 20.4. The molecular weight excluding hydrogens is 238 g/mol. The summed E-state index contributed by atoms with van der Waals surface area (Å²) in [4.78, 5) is 4.56. The minimum absolute atomic E-state index is 0.110. The SMILES string of the molecule is OCc1cc2ccccc2nc1-c1ccccc1O. The van der Waals surface area contributed by atoms with Gasteiger partial charge < -0.3 is 10.2 Å². The van der Waals surface area contributed by atoms with Crippen LogP contribution >= 0.6 is 0 Å². The highest BCUT2D eigenvalue weighted by molar-refractivity contribution is 5.84. The maximum Gasteiger partial charge on any atom is 0.124 e. The second-order valence-electron chi connectivity index (χ2n) is 4.36. The summed E-state index contributed by atoms with van der Waals surface area (Å²) in [5.41, 5.74) is 2.81. The first-order valence-electron chi connectivity index (χ1n) is 6.07. The third-order valence-corrected chi connectivity index (χ3v) is 3.13. The first-order valence-corrected chi connectivity index (χ1v) is 6.07. The lowest BCUT2D eigenvalue weighted by Gasteiger charge is -2.10. The molecule has 2 aromatic carbocycles. The lowest BCUT2D eigenvalue weighted by atomic mass is 10.0. The minimum Gasteiger partial charge on any atom is -0.507 e. The van der Waals surface area contributed by atoms with Gasteiger partial charge in [-0.15, -0.1) is 0 Å². The standard InChI is InChI=1S/C16H13NO2/c18-10-12-9-11-5-1-3-7-14(11)17-16(12)13-6-2-4-8-15(13)19/h1-9,18-19H,10H2. The molecular formula is C16H13NO2. The fraction of sp³-hybridized carbons (Fsp3) is 0.0625. The van der Waals surface area contributed by atoms with Gasteiger partial charge in [0.2, 0.25) is 0 Å². The van der Waals surface area contributed by atoms with Gasteiger partial charge in [0.25, 0.3) is 0 Å². The van der Waals surface area contributed by atoms with Gasteiger partial charge in [0, 0.05) is 16.5 Å². The second-order valence-corrected chi connectivity index (χ2v) is 4.36. The van der Waals surface area contributed by atoms with E-state index in [0.29, 0.717) is 16.8 Å². The van der Waals surface area contributed by atoms with E-state index in [1.165, 1.54) is 0 Å². The number of aliphatic hydroxyl groups excluding tert-OH is 1. The van der Waals surface area contributed by atoms with Gasteiger partial charge in [-0.2, -0.15) is 0 Å². The molecule has 3 heteroatoms. The molecule has 0 spiro atoms. The van der Waals surface area contributed by atoms with Crippen LogP contribution in [0.5, 0.6) is 5.75 Å². The maximum absolute atomic E-state index is 9.93. The zero-order valence-corrected chi connectivity index (χ0v) is 10.2. The van der Waals surface area contributed by atoms with Crippen molar-refractivity contribution in [2.45, 2.75) is 6.61 Å². The smallest absolute Gasteiger partial charge is 0.124 e. The van der Waals surface area contributed by atoms with Crippen molar-refractivity contribution in [1.29, 1.82) is 0 Å². The summed E-state index contributed by atoms with van der Waals surface area (Å²) in [6.45, 7) is -0.110. The summed E-state index contributed by atoms with van der Waals surface area (Å²) in [5.74, 6) is 0.167. The molecule has 0 atom stereocenters. The Hall–Kier alpha value is -2.39. The molecule has 0 saturated carbocycles. The summed E-state index contributed by atoms with van der Waals surface area (Å²) < 4.78 is 0. The van der Waals surface area contributed by atoms with E-state index in [9.17, 15) is 10.2 Å². The lowest BCUT2D eigenvalue weighted by molar-refractivity contribution is 0.282. The van der Waals surface area contributed by atoms with Crippen LogP contribution in [0.4, 0.5) is 0 Å². The van der Waals surface area contributed by atoms with Crippen molar-refractivity contribution in [1.82, 2.24) is 4.98 Å². The van der Waals surface area contributed by atoms with Crippen molar-refractivity contribution in [2.75, 3.05) is 0 Å². The fourth-order valence-electron chi connectivity index (χ4n) is 2.19. The number of hydrogen-bond acceptors (Lipinski definition) is 3. The van der Waals surface area contributed by atoms with Crippen molar-refractivity contribution in [3.05, 3.63) is 60.2 Å². The average Bonchev–Trinajstić information content (AvgIpc) is 2.46. The Morgan fingerprint density at radius 1 is 0.947 bits per heavy atom. The van der Waals surface area contributed by atoms with Crippen molar-refractivity contribution >= 4 is 10.9 Å². The zero-order chi connectivity index (χ0) is 13.2. The van der Waals surface area contributed by atoms with Crippen LogP contribution in [0.1, 0.15) is 5.56 Å². The molecule has 3 nitrogen and oxygen atoms in total. The summed E-state index contributed by atoms with van der Waals surface area (Å²) >= 11 is 0. The van der Waals surface area contributed by atoms with E-state index in [-0.39, 0.29) is 12.4 Å². The van der Waals surface area contributed by atoms with Crippen molar-refractivity contribution in [3.63, 3.8) is 0 Å². The predicted molar refractivity (Wildman–Crippen MR) is 74.8 cm³/mol. The lowest BCUT2D eigenvalue weighted by Crippen LogP contribution is -1.94. The van der Waals surface area contributed by atoms with Crippen molar-refractivity contribution in [3.8, 4) is 17.0 Å². The number of hydrogen-bond donors (Lipinski definition) is 2. The first kappa shape index (κ1) is 11.7. The van der Waals surface area contributed by atoms with Gasteiger partial charge >= 0.3 is 0 Å². The number of aromatic hydroxyl groups is 1. The molecule has 2 N–H and O–H groups in total. The van der Waals surface area contributed by atoms with Crippen LogP contribution in [0.2, 0.25) is 0 Å². The third-order valence-electron chi connectivity index (χ3n) is 3.13.